The highest BCUT2D eigenvalue weighted by molar-refractivity contribution is 9.10. The number of amidine groups is 1. The highest BCUT2D eigenvalue weighted by Crippen LogP contribution is 2.35. The lowest BCUT2D eigenvalue weighted by molar-refractivity contribution is -0.121. The van der Waals surface area contributed by atoms with Crippen LogP contribution in [0.25, 0.3) is 6.08 Å². The quantitative estimate of drug-likeness (QED) is 0.305. The van der Waals surface area contributed by atoms with Crippen molar-refractivity contribution in [2.45, 2.75) is 6.61 Å². The molecule has 1 aliphatic rings. The highest BCUT2D eigenvalue weighted by Gasteiger charge is 2.30. The number of benzene rings is 3. The molecule has 0 bridgehead atoms. The zero-order valence-corrected chi connectivity index (χ0v) is 22.1. The van der Waals surface area contributed by atoms with Crippen LogP contribution in [0.2, 0.25) is 10.0 Å². The summed E-state index contributed by atoms with van der Waals surface area (Å²) in [5, 5.41) is 10.7. The van der Waals surface area contributed by atoms with Crippen LogP contribution in [-0.2, 0) is 11.4 Å². The minimum Gasteiger partial charge on any atom is -0.488 e. The van der Waals surface area contributed by atoms with Gasteiger partial charge in [-0.05, 0) is 81.8 Å². The molecule has 0 unspecified atom stereocenters. The fourth-order valence-corrected chi connectivity index (χ4v) is 5.10. The number of rotatable bonds is 6. The molecule has 1 amide bonds. The molecular weight excluding hydrogens is 575 g/mol. The number of carbonyl (C=O) groups is 2. The van der Waals surface area contributed by atoms with Crippen LogP contribution in [0, 0.1) is 0 Å². The van der Waals surface area contributed by atoms with Gasteiger partial charge in [0, 0.05) is 22.7 Å². The van der Waals surface area contributed by atoms with Crippen molar-refractivity contribution in [3.63, 3.8) is 0 Å². The second kappa shape index (κ2) is 10.9. The smallest absolute Gasteiger partial charge is 0.335 e. The fraction of sp³-hybridized carbons (Fsp3) is 0.0800. The SMILES string of the molecule is CN1C(=O)/C(=C/c2ccc(OCc3ccc(Cl)cc3Cl)c(Br)c2)SC1=Nc1cccc(C(=O)O)c1. The number of hydrogen-bond donors (Lipinski definition) is 1. The average molecular weight is 592 g/mol. The molecule has 0 atom stereocenters. The van der Waals surface area contributed by atoms with E-state index >= 15 is 0 Å². The number of aromatic carboxylic acids is 1. The molecule has 3 aromatic carbocycles. The third-order valence-electron chi connectivity index (χ3n) is 4.97. The van der Waals surface area contributed by atoms with E-state index in [0.717, 1.165) is 15.6 Å². The fourth-order valence-electron chi connectivity index (χ4n) is 3.14. The maximum atomic E-state index is 12.8. The van der Waals surface area contributed by atoms with Gasteiger partial charge in [0.1, 0.15) is 12.4 Å². The topological polar surface area (TPSA) is 79.2 Å². The molecule has 0 saturated carbocycles. The summed E-state index contributed by atoms with van der Waals surface area (Å²) < 4.78 is 6.60. The van der Waals surface area contributed by atoms with Crippen molar-refractivity contribution in [2.75, 3.05) is 7.05 Å². The monoisotopic (exact) mass is 590 g/mol. The maximum absolute atomic E-state index is 12.8. The Hall–Kier alpha value is -2.78. The molecule has 1 heterocycles. The van der Waals surface area contributed by atoms with Gasteiger partial charge in [-0.15, -0.1) is 0 Å². The number of likely N-dealkylation sites (N-methyl/N-ethyl adjacent to an activating group) is 1. The molecule has 1 aliphatic heterocycles. The Kier molecular flexibility index (Phi) is 7.86. The lowest BCUT2D eigenvalue weighted by atomic mass is 10.2. The number of carboxylic acid groups (broad SMARTS) is 1. The van der Waals surface area contributed by atoms with Crippen LogP contribution in [-0.4, -0.2) is 34.1 Å². The zero-order valence-electron chi connectivity index (χ0n) is 18.2. The number of nitrogens with zero attached hydrogens (tertiary/aromatic N) is 2. The second-order valence-electron chi connectivity index (χ2n) is 7.44. The molecule has 3 aromatic rings. The summed E-state index contributed by atoms with van der Waals surface area (Å²) in [7, 11) is 1.63. The molecule has 1 fully saturated rings. The van der Waals surface area contributed by atoms with Crippen molar-refractivity contribution >= 4 is 79.7 Å². The van der Waals surface area contributed by atoms with E-state index in [4.69, 9.17) is 27.9 Å². The Bertz CT molecular complexity index is 1390. The number of carboxylic acids is 1. The van der Waals surface area contributed by atoms with Gasteiger partial charge in [-0.1, -0.05) is 41.4 Å². The van der Waals surface area contributed by atoms with E-state index in [9.17, 15) is 14.7 Å². The Balaban J connectivity index is 1.50. The minimum absolute atomic E-state index is 0.130. The van der Waals surface area contributed by atoms with Crippen molar-refractivity contribution in [2.24, 2.45) is 4.99 Å². The Morgan fingerprint density at radius 1 is 1.17 bits per heavy atom. The third kappa shape index (κ3) is 6.08. The summed E-state index contributed by atoms with van der Waals surface area (Å²) in [6.45, 7) is 0.275. The molecule has 0 aliphatic carbocycles. The van der Waals surface area contributed by atoms with Crippen LogP contribution in [0.1, 0.15) is 21.5 Å². The molecule has 35 heavy (non-hydrogen) atoms. The van der Waals surface area contributed by atoms with E-state index in [1.165, 1.54) is 28.8 Å². The van der Waals surface area contributed by atoms with Gasteiger partial charge in [0.2, 0.25) is 0 Å². The molecule has 10 heteroatoms. The number of halogens is 3. The van der Waals surface area contributed by atoms with E-state index < -0.39 is 5.97 Å². The van der Waals surface area contributed by atoms with Crippen molar-refractivity contribution in [3.8, 4) is 5.75 Å². The molecule has 6 nitrogen and oxygen atoms in total. The lowest BCUT2D eigenvalue weighted by Crippen LogP contribution is -2.23. The average Bonchev–Trinajstić information content (AvgIpc) is 3.07. The van der Waals surface area contributed by atoms with E-state index in [1.54, 1.807) is 43.5 Å². The van der Waals surface area contributed by atoms with Crippen LogP contribution in [0.15, 0.2) is 75.0 Å². The van der Waals surface area contributed by atoms with E-state index in [0.29, 0.717) is 31.6 Å². The first-order chi connectivity index (χ1) is 16.7. The first-order valence-corrected chi connectivity index (χ1v) is 12.5. The molecule has 0 spiro atoms. The van der Waals surface area contributed by atoms with Crippen LogP contribution in [0.5, 0.6) is 5.75 Å². The van der Waals surface area contributed by atoms with E-state index in [-0.39, 0.29) is 18.1 Å². The molecule has 0 radical (unpaired) electrons. The maximum Gasteiger partial charge on any atom is 0.335 e. The Labute approximate surface area is 224 Å². The molecule has 1 N–H and O–H groups in total. The van der Waals surface area contributed by atoms with Gasteiger partial charge in [-0.3, -0.25) is 9.69 Å². The van der Waals surface area contributed by atoms with Crippen LogP contribution >= 0.6 is 50.9 Å². The minimum atomic E-state index is -1.04. The number of carbonyl (C=O) groups excluding carboxylic acids is 1. The van der Waals surface area contributed by atoms with Crippen molar-refractivity contribution in [1.82, 2.24) is 4.90 Å². The highest BCUT2D eigenvalue weighted by atomic mass is 79.9. The van der Waals surface area contributed by atoms with Crippen molar-refractivity contribution < 1.29 is 19.4 Å². The standard InChI is InChI=1S/C25H17BrCl2N2O4S/c1-30-23(31)22(35-25(30)29-18-4-2-3-15(11-18)24(32)33)10-14-5-8-21(19(26)9-14)34-13-16-6-7-17(27)12-20(16)28/h2-12H,13H2,1H3,(H,32,33)/b22-10-,29-25?. The first-order valence-electron chi connectivity index (χ1n) is 10.2. The lowest BCUT2D eigenvalue weighted by Gasteiger charge is -2.10. The van der Waals surface area contributed by atoms with Crippen LogP contribution in [0.4, 0.5) is 5.69 Å². The van der Waals surface area contributed by atoms with Gasteiger partial charge >= 0.3 is 5.97 Å². The first kappa shape index (κ1) is 25.3. The Morgan fingerprint density at radius 3 is 2.69 bits per heavy atom. The normalized spacial score (nSPS) is 15.8. The number of ether oxygens (including phenoxy) is 1. The number of aliphatic imine (C=N–C) groups is 1. The van der Waals surface area contributed by atoms with Gasteiger partial charge in [-0.2, -0.15) is 0 Å². The predicted molar refractivity (Wildman–Crippen MR) is 144 cm³/mol. The molecule has 0 aromatic heterocycles. The number of hydrogen-bond acceptors (Lipinski definition) is 5. The summed E-state index contributed by atoms with van der Waals surface area (Å²) in [6.07, 6.45) is 1.77. The molecule has 4 rings (SSSR count). The predicted octanol–water partition coefficient (Wildman–Crippen LogP) is 7.27. The van der Waals surface area contributed by atoms with Gasteiger partial charge in [0.05, 0.1) is 20.6 Å². The number of thioether (sulfide) groups is 1. The summed E-state index contributed by atoms with van der Waals surface area (Å²) in [6, 6.07) is 17.0. The third-order valence-corrected chi connectivity index (χ3v) is 7.24. The van der Waals surface area contributed by atoms with Gasteiger partial charge in [0.15, 0.2) is 5.17 Å². The summed E-state index contributed by atoms with van der Waals surface area (Å²) in [5.41, 5.74) is 2.20. The summed E-state index contributed by atoms with van der Waals surface area (Å²) >= 11 is 16.9. The molecule has 1 saturated heterocycles. The van der Waals surface area contributed by atoms with Crippen LogP contribution < -0.4 is 4.74 Å². The second-order valence-corrected chi connectivity index (χ2v) is 10.1. The van der Waals surface area contributed by atoms with Crippen LogP contribution in [0.3, 0.4) is 0 Å². The van der Waals surface area contributed by atoms with E-state index in [2.05, 4.69) is 20.9 Å². The van der Waals surface area contributed by atoms with E-state index in [1.807, 2.05) is 18.2 Å². The summed E-state index contributed by atoms with van der Waals surface area (Å²) in [4.78, 5) is 30.3. The van der Waals surface area contributed by atoms with Gasteiger partial charge in [0.25, 0.3) is 5.91 Å². The van der Waals surface area contributed by atoms with Crippen molar-refractivity contribution in [3.05, 3.63) is 96.8 Å². The van der Waals surface area contributed by atoms with Gasteiger partial charge < -0.3 is 9.84 Å². The Morgan fingerprint density at radius 2 is 1.97 bits per heavy atom. The number of amides is 1. The zero-order chi connectivity index (χ0) is 25.1. The molecule has 178 valence electrons. The largest absolute Gasteiger partial charge is 0.488 e. The van der Waals surface area contributed by atoms with Gasteiger partial charge in [-0.25, -0.2) is 9.79 Å². The summed E-state index contributed by atoms with van der Waals surface area (Å²) in [5.74, 6) is -0.608. The molecular formula is C25H17BrCl2N2O4S. The van der Waals surface area contributed by atoms with Crippen molar-refractivity contribution in [1.29, 1.82) is 0 Å².